The van der Waals surface area contributed by atoms with Gasteiger partial charge in [0.2, 0.25) is 5.91 Å². The van der Waals surface area contributed by atoms with Crippen LogP contribution in [-0.2, 0) is 17.5 Å². The lowest BCUT2D eigenvalue weighted by atomic mass is 9.97. The van der Waals surface area contributed by atoms with Gasteiger partial charge in [-0.15, -0.1) is 0 Å². The maximum Gasteiger partial charge on any atom is 0.416 e. The summed E-state index contributed by atoms with van der Waals surface area (Å²) in [7, 11) is 0. The van der Waals surface area contributed by atoms with Crippen molar-refractivity contribution in [1.82, 2.24) is 14.5 Å². The molecule has 1 atom stereocenters. The van der Waals surface area contributed by atoms with E-state index in [1.807, 2.05) is 28.8 Å². The SMILES string of the molecule is O=C(Nc1ccc(C(F)(F)F)cc1)[C@@H]1CCCN(Cc2nc3ccccc3n2-c2ccc(F)cc2)C1. The minimum atomic E-state index is -4.42. The van der Waals surface area contributed by atoms with E-state index in [1.54, 1.807) is 12.1 Å². The summed E-state index contributed by atoms with van der Waals surface area (Å²) in [5.74, 6) is -0.0505. The van der Waals surface area contributed by atoms with Gasteiger partial charge in [0.1, 0.15) is 11.6 Å². The highest BCUT2D eigenvalue weighted by atomic mass is 19.4. The molecule has 4 aromatic rings. The fourth-order valence-corrected chi connectivity index (χ4v) is 4.66. The van der Waals surface area contributed by atoms with Gasteiger partial charge in [-0.05, 0) is 80.1 Å². The number of hydrogen-bond donors (Lipinski definition) is 1. The molecule has 0 unspecified atom stereocenters. The van der Waals surface area contributed by atoms with Crippen LogP contribution in [0.3, 0.4) is 0 Å². The number of carbonyl (C=O) groups is 1. The van der Waals surface area contributed by atoms with Gasteiger partial charge in [-0.3, -0.25) is 14.3 Å². The van der Waals surface area contributed by atoms with E-state index in [1.165, 1.54) is 24.3 Å². The number of imidazole rings is 1. The first kappa shape index (κ1) is 24.0. The zero-order valence-corrected chi connectivity index (χ0v) is 19.3. The molecule has 1 saturated heterocycles. The van der Waals surface area contributed by atoms with E-state index in [4.69, 9.17) is 4.98 Å². The Morgan fingerprint density at radius 3 is 2.44 bits per heavy atom. The fraction of sp³-hybridized carbons (Fsp3) is 0.259. The molecule has 1 N–H and O–H groups in total. The second kappa shape index (κ2) is 9.73. The molecule has 0 spiro atoms. The zero-order chi connectivity index (χ0) is 25.3. The number of nitrogens with one attached hydrogen (secondary N) is 1. The third-order valence-corrected chi connectivity index (χ3v) is 6.44. The van der Waals surface area contributed by atoms with Gasteiger partial charge >= 0.3 is 6.18 Å². The summed E-state index contributed by atoms with van der Waals surface area (Å²) in [5.41, 5.74) is 2.11. The number of fused-ring (bicyclic) bond motifs is 1. The normalized spacial score (nSPS) is 16.8. The minimum Gasteiger partial charge on any atom is -0.326 e. The van der Waals surface area contributed by atoms with Crippen LogP contribution in [0.5, 0.6) is 0 Å². The molecule has 5 rings (SSSR count). The number of carbonyl (C=O) groups excluding carboxylic acids is 1. The Morgan fingerprint density at radius 2 is 1.72 bits per heavy atom. The Hall–Kier alpha value is -3.72. The van der Waals surface area contributed by atoms with E-state index in [0.29, 0.717) is 25.2 Å². The van der Waals surface area contributed by atoms with E-state index in [0.717, 1.165) is 47.6 Å². The van der Waals surface area contributed by atoms with Crippen LogP contribution in [0.1, 0.15) is 24.2 Å². The van der Waals surface area contributed by atoms with Gasteiger partial charge < -0.3 is 5.32 Å². The highest BCUT2D eigenvalue weighted by Crippen LogP contribution is 2.30. The van der Waals surface area contributed by atoms with Crippen LogP contribution < -0.4 is 5.32 Å². The van der Waals surface area contributed by atoms with Crippen molar-refractivity contribution in [3.8, 4) is 5.69 Å². The molecule has 0 radical (unpaired) electrons. The maximum absolute atomic E-state index is 13.5. The van der Waals surface area contributed by atoms with Gasteiger partial charge in [0.05, 0.1) is 29.1 Å². The lowest BCUT2D eigenvalue weighted by Gasteiger charge is -2.31. The van der Waals surface area contributed by atoms with Crippen molar-refractivity contribution in [3.63, 3.8) is 0 Å². The Bertz CT molecular complexity index is 1360. The van der Waals surface area contributed by atoms with Crippen molar-refractivity contribution in [1.29, 1.82) is 0 Å². The first-order valence-corrected chi connectivity index (χ1v) is 11.7. The molecule has 5 nitrogen and oxygen atoms in total. The number of nitrogens with zero attached hydrogens (tertiary/aromatic N) is 3. The molecule has 1 aromatic heterocycles. The van der Waals surface area contributed by atoms with Crippen LogP contribution in [-0.4, -0.2) is 33.4 Å². The molecule has 36 heavy (non-hydrogen) atoms. The lowest BCUT2D eigenvalue weighted by Crippen LogP contribution is -2.40. The summed E-state index contributed by atoms with van der Waals surface area (Å²) in [6.45, 7) is 1.78. The fourth-order valence-electron chi connectivity index (χ4n) is 4.66. The van der Waals surface area contributed by atoms with E-state index < -0.39 is 11.7 Å². The third kappa shape index (κ3) is 5.11. The molecular formula is C27H24F4N4O. The number of benzene rings is 3. The Labute approximate surface area is 205 Å². The summed E-state index contributed by atoms with van der Waals surface area (Å²) < 4.78 is 53.9. The van der Waals surface area contributed by atoms with Crippen molar-refractivity contribution >= 4 is 22.6 Å². The molecule has 0 aliphatic carbocycles. The lowest BCUT2D eigenvalue weighted by molar-refractivity contribution is -0.137. The molecule has 3 aromatic carbocycles. The summed E-state index contributed by atoms with van der Waals surface area (Å²) in [5, 5.41) is 2.75. The predicted octanol–water partition coefficient (Wildman–Crippen LogP) is 6.03. The second-order valence-electron chi connectivity index (χ2n) is 8.97. The number of piperidine rings is 1. The number of likely N-dealkylation sites (tertiary alicyclic amines) is 1. The number of hydrogen-bond acceptors (Lipinski definition) is 3. The van der Waals surface area contributed by atoms with Crippen LogP contribution in [0.25, 0.3) is 16.7 Å². The molecule has 1 aliphatic heterocycles. The van der Waals surface area contributed by atoms with Crippen LogP contribution in [0.2, 0.25) is 0 Å². The highest BCUT2D eigenvalue weighted by Gasteiger charge is 2.31. The molecule has 1 amide bonds. The van der Waals surface area contributed by atoms with Gasteiger partial charge in [0.15, 0.2) is 0 Å². The monoisotopic (exact) mass is 496 g/mol. The van der Waals surface area contributed by atoms with Gasteiger partial charge in [0.25, 0.3) is 0 Å². The van der Waals surface area contributed by atoms with Crippen molar-refractivity contribution in [2.24, 2.45) is 5.92 Å². The largest absolute Gasteiger partial charge is 0.416 e. The molecule has 2 heterocycles. The first-order valence-electron chi connectivity index (χ1n) is 11.7. The molecule has 9 heteroatoms. The average molecular weight is 497 g/mol. The zero-order valence-electron chi connectivity index (χ0n) is 19.3. The number of aromatic nitrogens is 2. The average Bonchev–Trinajstić information content (AvgIpc) is 3.22. The summed E-state index contributed by atoms with van der Waals surface area (Å²) >= 11 is 0. The van der Waals surface area contributed by atoms with E-state index >= 15 is 0 Å². The number of para-hydroxylation sites is 2. The number of anilines is 1. The first-order chi connectivity index (χ1) is 17.3. The number of rotatable bonds is 5. The highest BCUT2D eigenvalue weighted by molar-refractivity contribution is 5.92. The maximum atomic E-state index is 13.5. The summed E-state index contributed by atoms with van der Waals surface area (Å²) in [6.07, 6.45) is -2.92. The molecular weight excluding hydrogens is 472 g/mol. The van der Waals surface area contributed by atoms with Crippen LogP contribution >= 0.6 is 0 Å². The van der Waals surface area contributed by atoms with Gasteiger partial charge in [0, 0.05) is 17.9 Å². The number of alkyl halides is 3. The van der Waals surface area contributed by atoms with Gasteiger partial charge in [-0.2, -0.15) is 13.2 Å². The second-order valence-corrected chi connectivity index (χ2v) is 8.97. The van der Waals surface area contributed by atoms with Crippen LogP contribution in [0, 0.1) is 11.7 Å². The Balaban J connectivity index is 1.32. The van der Waals surface area contributed by atoms with Crippen molar-refractivity contribution < 1.29 is 22.4 Å². The third-order valence-electron chi connectivity index (χ3n) is 6.44. The van der Waals surface area contributed by atoms with Gasteiger partial charge in [-0.1, -0.05) is 12.1 Å². The Morgan fingerprint density at radius 1 is 1.00 bits per heavy atom. The summed E-state index contributed by atoms with van der Waals surface area (Å²) in [4.78, 5) is 19.9. The minimum absolute atomic E-state index is 0.216. The Kier molecular flexibility index (Phi) is 6.49. The van der Waals surface area contributed by atoms with Crippen molar-refractivity contribution in [3.05, 3.63) is 90.0 Å². The predicted molar refractivity (Wildman–Crippen MR) is 129 cm³/mol. The molecule has 186 valence electrons. The van der Waals surface area contributed by atoms with Crippen LogP contribution in [0.15, 0.2) is 72.8 Å². The van der Waals surface area contributed by atoms with Crippen LogP contribution in [0.4, 0.5) is 23.2 Å². The van der Waals surface area contributed by atoms with Crippen molar-refractivity contribution in [2.75, 3.05) is 18.4 Å². The molecule has 1 fully saturated rings. The van der Waals surface area contributed by atoms with E-state index in [9.17, 15) is 22.4 Å². The van der Waals surface area contributed by atoms with E-state index in [-0.39, 0.29) is 17.6 Å². The van der Waals surface area contributed by atoms with Gasteiger partial charge in [-0.25, -0.2) is 9.37 Å². The topological polar surface area (TPSA) is 50.2 Å². The molecule has 0 saturated carbocycles. The summed E-state index contributed by atoms with van der Waals surface area (Å²) in [6, 6.07) is 18.4. The molecule has 0 bridgehead atoms. The van der Waals surface area contributed by atoms with E-state index in [2.05, 4.69) is 10.2 Å². The smallest absolute Gasteiger partial charge is 0.326 e. The molecule has 1 aliphatic rings. The quantitative estimate of drug-likeness (QED) is 0.343. The number of amides is 1. The van der Waals surface area contributed by atoms with Crippen molar-refractivity contribution in [2.45, 2.75) is 25.6 Å². The standard InChI is InChI=1S/C27H24F4N4O/c28-20-9-13-22(14-10-20)35-24-6-2-1-5-23(24)33-25(35)17-34-15-3-4-18(16-34)26(36)32-21-11-7-19(8-12-21)27(29,30)31/h1-2,5-14,18H,3-4,15-17H2,(H,32,36)/t18-/m1/s1. The number of halogens is 4.